The Kier molecular flexibility index (Phi) is 6.57. The van der Waals surface area contributed by atoms with Crippen molar-refractivity contribution in [1.29, 1.82) is 0 Å². The van der Waals surface area contributed by atoms with Crippen LogP contribution < -0.4 is 10.6 Å². The van der Waals surface area contributed by atoms with E-state index >= 15 is 0 Å². The molecule has 0 bridgehead atoms. The first kappa shape index (κ1) is 18.2. The van der Waals surface area contributed by atoms with Gasteiger partial charge in [0.2, 0.25) is 0 Å². The van der Waals surface area contributed by atoms with Crippen molar-refractivity contribution in [1.82, 2.24) is 10.2 Å². The molecule has 0 saturated heterocycles. The number of benzene rings is 1. The van der Waals surface area contributed by atoms with E-state index in [1.165, 1.54) is 11.0 Å². The zero-order valence-electron chi connectivity index (χ0n) is 13.4. The van der Waals surface area contributed by atoms with Gasteiger partial charge in [0.25, 0.3) is 11.8 Å². The summed E-state index contributed by atoms with van der Waals surface area (Å²) in [7, 11) is 1.57. The Hall–Kier alpha value is -2.12. The number of methoxy groups -OCH3 is 1. The van der Waals surface area contributed by atoms with Crippen molar-refractivity contribution >= 4 is 35.1 Å². The van der Waals surface area contributed by atoms with Crippen LogP contribution in [0.4, 0.5) is 10.5 Å². The summed E-state index contributed by atoms with van der Waals surface area (Å²) in [6.07, 6.45) is 1.25. The number of fused-ring (bicyclic) bond motifs is 1. The van der Waals surface area contributed by atoms with Crippen LogP contribution in [-0.2, 0) is 4.74 Å². The number of hydrogen-bond donors (Lipinski definition) is 2. The van der Waals surface area contributed by atoms with Gasteiger partial charge in [-0.15, -0.1) is 11.6 Å². The van der Waals surface area contributed by atoms with Crippen molar-refractivity contribution in [3.05, 3.63) is 29.3 Å². The normalized spacial score (nSPS) is 13.2. The minimum atomic E-state index is -0.381. The summed E-state index contributed by atoms with van der Waals surface area (Å²) in [5.74, 6) is -0.198. The average Bonchev–Trinajstić information content (AvgIpc) is 2.80. The van der Waals surface area contributed by atoms with E-state index in [2.05, 4.69) is 10.6 Å². The lowest BCUT2D eigenvalue weighted by Crippen LogP contribution is -2.31. The highest BCUT2D eigenvalue weighted by atomic mass is 35.5. The fourth-order valence-electron chi connectivity index (χ4n) is 2.38. The second-order valence-electron chi connectivity index (χ2n) is 5.29. The minimum absolute atomic E-state index is 0.302. The first-order valence-corrected chi connectivity index (χ1v) is 8.22. The third-order valence-corrected chi connectivity index (χ3v) is 3.82. The monoisotopic (exact) mass is 353 g/mol. The summed E-state index contributed by atoms with van der Waals surface area (Å²) in [6.45, 7) is 1.25. The number of nitrogens with one attached hydrogen (secondary N) is 2. The van der Waals surface area contributed by atoms with Crippen LogP contribution in [0.1, 0.15) is 33.6 Å². The van der Waals surface area contributed by atoms with Crippen molar-refractivity contribution in [2.45, 2.75) is 12.8 Å². The number of rotatable bonds is 8. The summed E-state index contributed by atoms with van der Waals surface area (Å²) in [6, 6.07) is 4.30. The molecule has 0 aliphatic carbocycles. The molecule has 1 heterocycles. The molecular weight excluding hydrogens is 334 g/mol. The number of nitrogens with zero attached hydrogens (tertiary/aromatic N) is 1. The Labute approximate surface area is 145 Å². The Bertz CT molecular complexity index is 636. The van der Waals surface area contributed by atoms with Crippen LogP contribution in [-0.4, -0.2) is 55.4 Å². The molecule has 1 aliphatic heterocycles. The molecule has 1 aromatic carbocycles. The molecule has 2 N–H and O–H groups in total. The van der Waals surface area contributed by atoms with Crippen molar-refractivity contribution < 1.29 is 19.1 Å². The van der Waals surface area contributed by atoms with Gasteiger partial charge in [0.05, 0.1) is 11.1 Å². The molecule has 7 nitrogen and oxygen atoms in total. The fraction of sp³-hybridized carbons (Fsp3) is 0.438. The quantitative estimate of drug-likeness (QED) is 0.425. The van der Waals surface area contributed by atoms with Gasteiger partial charge in [0.1, 0.15) is 0 Å². The summed E-state index contributed by atoms with van der Waals surface area (Å²) >= 11 is 5.54. The number of anilines is 1. The highest BCUT2D eigenvalue weighted by Crippen LogP contribution is 2.26. The lowest BCUT2D eigenvalue weighted by Gasteiger charge is -2.12. The van der Waals surface area contributed by atoms with Crippen molar-refractivity contribution in [2.24, 2.45) is 0 Å². The summed E-state index contributed by atoms with van der Waals surface area (Å²) in [5, 5.41) is 5.29. The van der Waals surface area contributed by atoms with E-state index in [-0.39, 0.29) is 17.8 Å². The Morgan fingerprint density at radius 3 is 2.67 bits per heavy atom. The average molecular weight is 354 g/mol. The molecule has 0 atom stereocenters. The van der Waals surface area contributed by atoms with Gasteiger partial charge in [-0.3, -0.25) is 14.5 Å². The maximum Gasteiger partial charge on any atom is 0.319 e. The smallest absolute Gasteiger partial charge is 0.319 e. The highest BCUT2D eigenvalue weighted by Gasteiger charge is 2.35. The standard InChI is InChI=1S/C16H20ClN3O4/c1-24-9-3-8-20-14(21)12-5-4-11(10-13(12)15(20)22)19-16(23)18-7-2-6-17/h4-5,10H,2-3,6-9H2,1H3,(H2,18,19,23). The highest BCUT2D eigenvalue weighted by molar-refractivity contribution is 6.21. The molecule has 0 saturated carbocycles. The van der Waals surface area contributed by atoms with Crippen LogP contribution in [0.3, 0.4) is 0 Å². The Balaban J connectivity index is 2.03. The molecule has 0 fully saturated rings. The third-order valence-electron chi connectivity index (χ3n) is 3.55. The van der Waals surface area contributed by atoms with E-state index < -0.39 is 0 Å². The Morgan fingerprint density at radius 1 is 1.21 bits per heavy atom. The topological polar surface area (TPSA) is 87.7 Å². The second-order valence-corrected chi connectivity index (χ2v) is 5.67. The number of hydrogen-bond acceptors (Lipinski definition) is 4. The number of urea groups is 1. The predicted octanol–water partition coefficient (Wildman–Crippen LogP) is 2.07. The van der Waals surface area contributed by atoms with Crippen LogP contribution >= 0.6 is 11.6 Å². The lowest BCUT2D eigenvalue weighted by atomic mass is 10.1. The number of carbonyl (C=O) groups excluding carboxylic acids is 3. The van der Waals surface area contributed by atoms with E-state index in [0.29, 0.717) is 55.2 Å². The SMILES string of the molecule is COCCCN1C(=O)c2ccc(NC(=O)NCCCCl)cc2C1=O. The Morgan fingerprint density at radius 2 is 1.96 bits per heavy atom. The molecule has 0 radical (unpaired) electrons. The van der Waals surface area contributed by atoms with E-state index in [0.717, 1.165) is 0 Å². The van der Waals surface area contributed by atoms with Crippen molar-refractivity contribution in [3.63, 3.8) is 0 Å². The maximum absolute atomic E-state index is 12.4. The number of halogens is 1. The molecule has 0 unspecified atom stereocenters. The maximum atomic E-state index is 12.4. The number of imide groups is 1. The number of amides is 4. The van der Waals surface area contributed by atoms with Crippen LogP contribution in [0, 0.1) is 0 Å². The van der Waals surface area contributed by atoms with Crippen molar-refractivity contribution in [3.8, 4) is 0 Å². The first-order valence-electron chi connectivity index (χ1n) is 7.68. The molecule has 0 aromatic heterocycles. The van der Waals surface area contributed by atoms with Crippen LogP contribution in [0.25, 0.3) is 0 Å². The van der Waals surface area contributed by atoms with Gasteiger partial charge < -0.3 is 15.4 Å². The number of ether oxygens (including phenoxy) is 1. The van der Waals surface area contributed by atoms with Crippen LogP contribution in [0.5, 0.6) is 0 Å². The van der Waals surface area contributed by atoms with Gasteiger partial charge in [0, 0.05) is 38.4 Å². The zero-order chi connectivity index (χ0) is 17.5. The van der Waals surface area contributed by atoms with Gasteiger partial charge in [-0.2, -0.15) is 0 Å². The summed E-state index contributed by atoms with van der Waals surface area (Å²) in [5.41, 5.74) is 1.11. The van der Waals surface area contributed by atoms with Gasteiger partial charge in [0.15, 0.2) is 0 Å². The number of alkyl halides is 1. The predicted molar refractivity (Wildman–Crippen MR) is 90.7 cm³/mol. The lowest BCUT2D eigenvalue weighted by molar-refractivity contribution is 0.0638. The molecular formula is C16H20ClN3O4. The third kappa shape index (κ3) is 4.24. The minimum Gasteiger partial charge on any atom is -0.385 e. The molecule has 1 aromatic rings. The van der Waals surface area contributed by atoms with Crippen molar-refractivity contribution in [2.75, 3.05) is 38.0 Å². The zero-order valence-corrected chi connectivity index (χ0v) is 14.2. The van der Waals surface area contributed by atoms with Gasteiger partial charge in [-0.1, -0.05) is 0 Å². The fourth-order valence-corrected chi connectivity index (χ4v) is 2.52. The second kappa shape index (κ2) is 8.65. The molecule has 24 heavy (non-hydrogen) atoms. The van der Waals surface area contributed by atoms with E-state index in [9.17, 15) is 14.4 Å². The van der Waals surface area contributed by atoms with Gasteiger partial charge in [-0.05, 0) is 31.0 Å². The molecule has 8 heteroatoms. The van der Waals surface area contributed by atoms with Gasteiger partial charge in [-0.25, -0.2) is 4.79 Å². The molecule has 0 spiro atoms. The molecule has 1 aliphatic rings. The van der Waals surface area contributed by atoms with E-state index in [1.54, 1.807) is 19.2 Å². The van der Waals surface area contributed by atoms with E-state index in [4.69, 9.17) is 16.3 Å². The molecule has 130 valence electrons. The van der Waals surface area contributed by atoms with Gasteiger partial charge >= 0.3 is 6.03 Å². The van der Waals surface area contributed by atoms with Crippen LogP contribution in [0.2, 0.25) is 0 Å². The summed E-state index contributed by atoms with van der Waals surface area (Å²) < 4.78 is 4.94. The largest absolute Gasteiger partial charge is 0.385 e. The van der Waals surface area contributed by atoms with Crippen LogP contribution in [0.15, 0.2) is 18.2 Å². The first-order chi connectivity index (χ1) is 11.6. The molecule has 4 amide bonds. The van der Waals surface area contributed by atoms with E-state index in [1.807, 2.05) is 0 Å². The molecule has 2 rings (SSSR count). The number of carbonyl (C=O) groups is 3. The summed E-state index contributed by atoms with van der Waals surface area (Å²) in [4.78, 5) is 37.6.